The number of aromatic nitrogens is 2. The fourth-order valence-electron chi connectivity index (χ4n) is 3.05. The number of H-pyrrole nitrogens is 1. The Hall–Kier alpha value is -1.62. The van der Waals surface area contributed by atoms with E-state index in [2.05, 4.69) is 27.1 Å². The Labute approximate surface area is 124 Å². The van der Waals surface area contributed by atoms with Crippen LogP contribution in [-0.4, -0.2) is 36.1 Å². The number of benzene rings is 1. The third kappa shape index (κ3) is 3.35. The molecule has 1 aromatic carbocycles. The molecule has 114 valence electrons. The molecule has 2 N–H and O–H groups in total. The van der Waals surface area contributed by atoms with Gasteiger partial charge in [0.2, 0.25) is 5.95 Å². The molecule has 1 aromatic heterocycles. The first-order chi connectivity index (χ1) is 10.3. The minimum absolute atomic E-state index is 0.224. The van der Waals surface area contributed by atoms with Gasteiger partial charge in [-0.3, -0.25) is 0 Å². The SMILES string of the molecule is CCCN(CC1CCNCC1)c1nc2ccc(F)cc2[nH]1. The lowest BCUT2D eigenvalue weighted by molar-refractivity contribution is 0.372. The van der Waals surface area contributed by atoms with E-state index in [-0.39, 0.29) is 5.82 Å². The minimum Gasteiger partial charge on any atom is -0.342 e. The van der Waals surface area contributed by atoms with Crippen molar-refractivity contribution in [2.75, 3.05) is 31.1 Å². The summed E-state index contributed by atoms with van der Waals surface area (Å²) in [5.41, 5.74) is 1.61. The number of nitrogens with zero attached hydrogens (tertiary/aromatic N) is 2. The Kier molecular flexibility index (Phi) is 4.39. The van der Waals surface area contributed by atoms with Gasteiger partial charge >= 0.3 is 0 Å². The summed E-state index contributed by atoms with van der Waals surface area (Å²) in [6.07, 6.45) is 3.51. The van der Waals surface area contributed by atoms with E-state index in [1.165, 1.54) is 25.0 Å². The van der Waals surface area contributed by atoms with Crippen LogP contribution in [0.5, 0.6) is 0 Å². The van der Waals surface area contributed by atoms with Crippen LogP contribution in [0.1, 0.15) is 26.2 Å². The van der Waals surface area contributed by atoms with Crippen molar-refractivity contribution in [1.82, 2.24) is 15.3 Å². The number of imidazole rings is 1. The molecule has 0 unspecified atom stereocenters. The normalized spacial score (nSPS) is 16.5. The molecule has 0 radical (unpaired) electrons. The molecule has 1 aliphatic rings. The van der Waals surface area contributed by atoms with Crippen LogP contribution in [0.25, 0.3) is 11.0 Å². The molecule has 0 aliphatic carbocycles. The van der Waals surface area contributed by atoms with E-state index >= 15 is 0 Å². The van der Waals surface area contributed by atoms with Gasteiger partial charge in [0.1, 0.15) is 5.82 Å². The molecule has 2 heterocycles. The molecule has 0 atom stereocenters. The predicted molar refractivity (Wildman–Crippen MR) is 84.1 cm³/mol. The Morgan fingerprint density at radius 3 is 2.90 bits per heavy atom. The smallest absolute Gasteiger partial charge is 0.203 e. The summed E-state index contributed by atoms with van der Waals surface area (Å²) >= 11 is 0. The quantitative estimate of drug-likeness (QED) is 0.890. The number of fused-ring (bicyclic) bond motifs is 1. The second-order valence-electron chi connectivity index (χ2n) is 5.86. The van der Waals surface area contributed by atoms with Crippen LogP contribution >= 0.6 is 0 Å². The molecular formula is C16H23FN4. The number of anilines is 1. The fourth-order valence-corrected chi connectivity index (χ4v) is 3.05. The number of aromatic amines is 1. The van der Waals surface area contributed by atoms with E-state index in [1.54, 1.807) is 6.07 Å². The molecule has 0 amide bonds. The largest absolute Gasteiger partial charge is 0.342 e. The van der Waals surface area contributed by atoms with E-state index in [1.807, 2.05) is 0 Å². The summed E-state index contributed by atoms with van der Waals surface area (Å²) < 4.78 is 13.3. The number of hydrogen-bond donors (Lipinski definition) is 2. The number of nitrogens with one attached hydrogen (secondary N) is 2. The average Bonchev–Trinajstić information content (AvgIpc) is 2.91. The van der Waals surface area contributed by atoms with Crippen LogP contribution in [0.4, 0.5) is 10.3 Å². The van der Waals surface area contributed by atoms with Crippen molar-refractivity contribution >= 4 is 17.0 Å². The Balaban J connectivity index is 1.80. The maximum Gasteiger partial charge on any atom is 0.203 e. The average molecular weight is 290 g/mol. The lowest BCUT2D eigenvalue weighted by atomic mass is 9.97. The minimum atomic E-state index is -0.224. The Morgan fingerprint density at radius 2 is 2.14 bits per heavy atom. The van der Waals surface area contributed by atoms with Crippen molar-refractivity contribution in [2.45, 2.75) is 26.2 Å². The van der Waals surface area contributed by atoms with Gasteiger partial charge in [-0.05, 0) is 56.5 Å². The van der Waals surface area contributed by atoms with Crippen molar-refractivity contribution in [1.29, 1.82) is 0 Å². The van der Waals surface area contributed by atoms with Crippen molar-refractivity contribution in [3.8, 4) is 0 Å². The van der Waals surface area contributed by atoms with E-state index in [0.29, 0.717) is 5.92 Å². The van der Waals surface area contributed by atoms with Crippen LogP contribution < -0.4 is 10.2 Å². The van der Waals surface area contributed by atoms with E-state index in [4.69, 9.17) is 0 Å². The summed E-state index contributed by atoms with van der Waals surface area (Å²) in [5, 5.41) is 3.40. The lowest BCUT2D eigenvalue weighted by Gasteiger charge is -2.29. The predicted octanol–water partition coefficient (Wildman–Crippen LogP) is 2.92. The van der Waals surface area contributed by atoms with Gasteiger partial charge in [-0.1, -0.05) is 6.92 Å². The molecule has 1 fully saturated rings. The monoisotopic (exact) mass is 290 g/mol. The Morgan fingerprint density at radius 1 is 1.33 bits per heavy atom. The zero-order chi connectivity index (χ0) is 14.7. The van der Waals surface area contributed by atoms with Gasteiger partial charge in [-0.25, -0.2) is 9.37 Å². The van der Waals surface area contributed by atoms with Gasteiger partial charge in [-0.2, -0.15) is 0 Å². The van der Waals surface area contributed by atoms with Gasteiger partial charge in [0.05, 0.1) is 11.0 Å². The molecule has 1 saturated heterocycles. The van der Waals surface area contributed by atoms with Crippen molar-refractivity contribution in [3.63, 3.8) is 0 Å². The highest BCUT2D eigenvalue weighted by atomic mass is 19.1. The van der Waals surface area contributed by atoms with Gasteiger partial charge in [0, 0.05) is 13.1 Å². The summed E-state index contributed by atoms with van der Waals surface area (Å²) in [4.78, 5) is 10.2. The number of piperidine rings is 1. The molecule has 0 bridgehead atoms. The van der Waals surface area contributed by atoms with Crippen molar-refractivity contribution < 1.29 is 4.39 Å². The molecule has 2 aromatic rings. The third-order valence-electron chi connectivity index (χ3n) is 4.16. The third-order valence-corrected chi connectivity index (χ3v) is 4.16. The summed E-state index contributed by atoms with van der Waals surface area (Å²) in [7, 11) is 0. The first-order valence-corrected chi connectivity index (χ1v) is 7.87. The highest BCUT2D eigenvalue weighted by molar-refractivity contribution is 5.77. The summed E-state index contributed by atoms with van der Waals surface area (Å²) in [6, 6.07) is 4.71. The molecule has 0 spiro atoms. The van der Waals surface area contributed by atoms with Crippen molar-refractivity contribution in [2.24, 2.45) is 5.92 Å². The number of hydrogen-bond acceptors (Lipinski definition) is 3. The molecular weight excluding hydrogens is 267 g/mol. The number of halogens is 1. The van der Waals surface area contributed by atoms with Gasteiger partial charge in [0.15, 0.2) is 0 Å². The van der Waals surface area contributed by atoms with E-state index < -0.39 is 0 Å². The first-order valence-electron chi connectivity index (χ1n) is 7.87. The Bertz CT molecular complexity index is 589. The van der Waals surface area contributed by atoms with Crippen molar-refractivity contribution in [3.05, 3.63) is 24.0 Å². The highest BCUT2D eigenvalue weighted by Crippen LogP contribution is 2.21. The molecule has 3 rings (SSSR count). The lowest BCUT2D eigenvalue weighted by Crippen LogP contribution is -2.37. The molecule has 4 nitrogen and oxygen atoms in total. The second kappa shape index (κ2) is 6.43. The maximum absolute atomic E-state index is 13.3. The first kappa shape index (κ1) is 14.3. The van der Waals surface area contributed by atoms with Crippen LogP contribution in [0.3, 0.4) is 0 Å². The molecule has 5 heteroatoms. The summed E-state index contributed by atoms with van der Waals surface area (Å²) in [6.45, 7) is 6.40. The van der Waals surface area contributed by atoms with E-state index in [9.17, 15) is 4.39 Å². The molecule has 0 saturated carbocycles. The van der Waals surface area contributed by atoms with Crippen LogP contribution in [-0.2, 0) is 0 Å². The van der Waals surface area contributed by atoms with Crippen LogP contribution in [0.15, 0.2) is 18.2 Å². The standard InChI is InChI=1S/C16H23FN4/c1-2-9-21(11-12-5-7-18-8-6-12)16-19-14-4-3-13(17)10-15(14)20-16/h3-4,10,12,18H,2,5-9,11H2,1H3,(H,19,20). The zero-order valence-electron chi connectivity index (χ0n) is 12.5. The second-order valence-corrected chi connectivity index (χ2v) is 5.86. The van der Waals surface area contributed by atoms with Crippen LogP contribution in [0, 0.1) is 11.7 Å². The maximum atomic E-state index is 13.3. The van der Waals surface area contributed by atoms with Gasteiger partial charge in [-0.15, -0.1) is 0 Å². The topological polar surface area (TPSA) is 44.0 Å². The summed E-state index contributed by atoms with van der Waals surface area (Å²) in [5.74, 6) is 1.36. The van der Waals surface area contributed by atoms with E-state index in [0.717, 1.165) is 49.6 Å². The fraction of sp³-hybridized carbons (Fsp3) is 0.562. The van der Waals surface area contributed by atoms with Gasteiger partial charge < -0.3 is 15.2 Å². The number of rotatable bonds is 5. The molecule has 1 aliphatic heterocycles. The van der Waals surface area contributed by atoms with Crippen LogP contribution in [0.2, 0.25) is 0 Å². The zero-order valence-corrected chi connectivity index (χ0v) is 12.5. The highest BCUT2D eigenvalue weighted by Gasteiger charge is 2.19. The van der Waals surface area contributed by atoms with Gasteiger partial charge in [0.25, 0.3) is 0 Å². The molecule has 21 heavy (non-hydrogen) atoms.